The molecule has 0 amide bonds. The van der Waals surface area contributed by atoms with Crippen LogP contribution in [0.25, 0.3) is 11.0 Å². The van der Waals surface area contributed by atoms with Gasteiger partial charge in [0.15, 0.2) is 0 Å². The summed E-state index contributed by atoms with van der Waals surface area (Å²) in [5, 5.41) is 3.33. The van der Waals surface area contributed by atoms with E-state index in [0.29, 0.717) is 6.04 Å². The Kier molecular flexibility index (Phi) is 4.24. The molecule has 4 nitrogen and oxygen atoms in total. The molecule has 0 saturated heterocycles. The Labute approximate surface area is 114 Å². The number of aromatic nitrogens is 2. The number of unbranched alkanes of at least 4 members (excludes halogenated alkanes) is 1. The van der Waals surface area contributed by atoms with Gasteiger partial charge in [-0.05, 0) is 31.2 Å². The molecule has 0 radical (unpaired) electrons. The van der Waals surface area contributed by atoms with Crippen LogP contribution in [0.3, 0.4) is 0 Å². The second kappa shape index (κ2) is 5.71. The number of halogens is 1. The van der Waals surface area contributed by atoms with Gasteiger partial charge >= 0.3 is 5.69 Å². The molecule has 98 valence electrons. The largest absolute Gasteiger partial charge is 0.323 e. The van der Waals surface area contributed by atoms with Gasteiger partial charge in [-0.3, -0.25) is 0 Å². The average molecular weight is 312 g/mol. The van der Waals surface area contributed by atoms with E-state index in [0.717, 1.165) is 21.9 Å². The third-order valence-electron chi connectivity index (χ3n) is 3.20. The number of rotatable bonds is 5. The van der Waals surface area contributed by atoms with Gasteiger partial charge in [-0.15, -0.1) is 0 Å². The molecule has 0 bridgehead atoms. The minimum Gasteiger partial charge on any atom is -0.313 e. The third kappa shape index (κ3) is 2.67. The van der Waals surface area contributed by atoms with Crippen molar-refractivity contribution in [1.82, 2.24) is 15.3 Å². The summed E-state index contributed by atoms with van der Waals surface area (Å²) in [5.74, 6) is 0. The van der Waals surface area contributed by atoms with Gasteiger partial charge in [-0.25, -0.2) is 4.79 Å². The highest BCUT2D eigenvalue weighted by Crippen LogP contribution is 2.29. The zero-order valence-corrected chi connectivity index (χ0v) is 12.2. The zero-order chi connectivity index (χ0) is 13.1. The Hall–Kier alpha value is -1.07. The minimum atomic E-state index is -0.163. The first kappa shape index (κ1) is 13.4. The predicted octanol–water partition coefficient (Wildman–Crippen LogP) is 3.07. The standard InChI is InChI=1S/C13H18BrN3O/c1-3-4-5-10(15-2)8-6-11-12(7-9(8)14)17-13(18)16-11/h6-7,10,15H,3-5H2,1-2H3,(H2,16,17,18). The highest BCUT2D eigenvalue weighted by atomic mass is 79.9. The van der Waals surface area contributed by atoms with E-state index in [1.54, 1.807) is 0 Å². The van der Waals surface area contributed by atoms with Crippen molar-refractivity contribution in [3.8, 4) is 0 Å². The van der Waals surface area contributed by atoms with E-state index < -0.39 is 0 Å². The van der Waals surface area contributed by atoms with E-state index in [-0.39, 0.29) is 5.69 Å². The first-order valence-electron chi connectivity index (χ1n) is 6.24. The van der Waals surface area contributed by atoms with Crippen molar-refractivity contribution in [2.24, 2.45) is 0 Å². The lowest BCUT2D eigenvalue weighted by atomic mass is 10.0. The second-order valence-corrected chi connectivity index (χ2v) is 5.34. The second-order valence-electron chi connectivity index (χ2n) is 4.48. The smallest absolute Gasteiger partial charge is 0.313 e. The van der Waals surface area contributed by atoms with Crippen molar-refractivity contribution in [2.75, 3.05) is 7.05 Å². The van der Waals surface area contributed by atoms with Gasteiger partial charge in [0, 0.05) is 10.5 Å². The normalized spacial score (nSPS) is 13.1. The molecule has 0 aliphatic rings. The van der Waals surface area contributed by atoms with Gasteiger partial charge in [0.2, 0.25) is 0 Å². The number of hydrogen-bond donors (Lipinski definition) is 3. The number of hydrogen-bond acceptors (Lipinski definition) is 2. The highest BCUT2D eigenvalue weighted by Gasteiger charge is 2.14. The van der Waals surface area contributed by atoms with E-state index >= 15 is 0 Å². The van der Waals surface area contributed by atoms with Crippen molar-refractivity contribution in [3.05, 3.63) is 32.7 Å². The van der Waals surface area contributed by atoms with E-state index in [4.69, 9.17) is 0 Å². The lowest BCUT2D eigenvalue weighted by Crippen LogP contribution is -2.16. The summed E-state index contributed by atoms with van der Waals surface area (Å²) in [6.07, 6.45) is 3.45. The quantitative estimate of drug-likeness (QED) is 0.794. The molecule has 2 aromatic rings. The molecular formula is C13H18BrN3O. The molecule has 1 unspecified atom stereocenters. The van der Waals surface area contributed by atoms with Crippen LogP contribution in [0.4, 0.5) is 0 Å². The third-order valence-corrected chi connectivity index (χ3v) is 3.89. The average Bonchev–Trinajstić information content (AvgIpc) is 2.69. The van der Waals surface area contributed by atoms with Crippen LogP contribution in [0, 0.1) is 0 Å². The van der Waals surface area contributed by atoms with Crippen LogP contribution >= 0.6 is 15.9 Å². The maximum atomic E-state index is 11.3. The Morgan fingerprint density at radius 2 is 2.00 bits per heavy atom. The maximum absolute atomic E-state index is 11.3. The van der Waals surface area contributed by atoms with Crippen molar-refractivity contribution in [3.63, 3.8) is 0 Å². The highest BCUT2D eigenvalue weighted by molar-refractivity contribution is 9.10. The number of H-pyrrole nitrogens is 2. The van der Waals surface area contributed by atoms with Crippen LogP contribution in [0.1, 0.15) is 37.8 Å². The summed E-state index contributed by atoms with van der Waals surface area (Å²) in [7, 11) is 1.97. The Balaban J connectivity index is 2.41. The Morgan fingerprint density at radius 3 is 2.61 bits per heavy atom. The van der Waals surface area contributed by atoms with Gasteiger partial charge in [-0.2, -0.15) is 0 Å². The van der Waals surface area contributed by atoms with Gasteiger partial charge in [0.05, 0.1) is 11.0 Å². The van der Waals surface area contributed by atoms with Crippen LogP contribution in [0.5, 0.6) is 0 Å². The van der Waals surface area contributed by atoms with Crippen molar-refractivity contribution in [2.45, 2.75) is 32.2 Å². The van der Waals surface area contributed by atoms with Gasteiger partial charge in [-0.1, -0.05) is 35.7 Å². The SMILES string of the molecule is CCCCC(NC)c1cc2[nH]c(=O)[nH]c2cc1Br. The molecule has 3 N–H and O–H groups in total. The van der Waals surface area contributed by atoms with E-state index in [1.807, 2.05) is 19.2 Å². The minimum absolute atomic E-state index is 0.163. The summed E-state index contributed by atoms with van der Waals surface area (Å²) >= 11 is 3.58. The first-order chi connectivity index (χ1) is 8.65. The first-order valence-corrected chi connectivity index (χ1v) is 7.03. The fraction of sp³-hybridized carbons (Fsp3) is 0.462. The van der Waals surface area contributed by atoms with Crippen molar-refractivity contribution < 1.29 is 0 Å². The van der Waals surface area contributed by atoms with Gasteiger partial charge < -0.3 is 15.3 Å². The molecule has 18 heavy (non-hydrogen) atoms. The molecule has 0 fully saturated rings. The summed E-state index contributed by atoms with van der Waals surface area (Å²) in [6.45, 7) is 2.19. The van der Waals surface area contributed by atoms with Gasteiger partial charge in [0.1, 0.15) is 0 Å². The number of aromatic amines is 2. The molecule has 1 aromatic carbocycles. The van der Waals surface area contributed by atoms with Crippen LogP contribution in [-0.2, 0) is 0 Å². The number of benzene rings is 1. The van der Waals surface area contributed by atoms with Crippen LogP contribution in [0.15, 0.2) is 21.4 Å². The predicted molar refractivity (Wildman–Crippen MR) is 77.9 cm³/mol. The molecule has 5 heteroatoms. The fourth-order valence-corrected chi connectivity index (χ4v) is 2.82. The molecule has 2 rings (SSSR count). The number of fused-ring (bicyclic) bond motifs is 1. The Bertz CT molecular complexity index is 587. The molecular weight excluding hydrogens is 294 g/mol. The molecule has 1 aromatic heterocycles. The molecule has 0 spiro atoms. The van der Waals surface area contributed by atoms with E-state index in [2.05, 4.69) is 38.1 Å². The fourth-order valence-electron chi connectivity index (χ4n) is 2.20. The summed E-state index contributed by atoms with van der Waals surface area (Å²) < 4.78 is 1.03. The lowest BCUT2D eigenvalue weighted by molar-refractivity contribution is 0.521. The van der Waals surface area contributed by atoms with Crippen molar-refractivity contribution in [1.29, 1.82) is 0 Å². The van der Waals surface area contributed by atoms with Crippen LogP contribution < -0.4 is 11.0 Å². The molecule has 0 aliphatic carbocycles. The molecule has 1 heterocycles. The maximum Gasteiger partial charge on any atom is 0.323 e. The van der Waals surface area contributed by atoms with Crippen molar-refractivity contribution >= 4 is 27.0 Å². The zero-order valence-electron chi connectivity index (χ0n) is 10.6. The monoisotopic (exact) mass is 311 g/mol. The molecule has 0 aliphatic heterocycles. The summed E-state index contributed by atoms with van der Waals surface area (Å²) in [4.78, 5) is 16.8. The van der Waals surface area contributed by atoms with Gasteiger partial charge in [0.25, 0.3) is 0 Å². The van der Waals surface area contributed by atoms with E-state index in [9.17, 15) is 4.79 Å². The summed E-state index contributed by atoms with van der Waals surface area (Å²) in [5.41, 5.74) is 2.72. The lowest BCUT2D eigenvalue weighted by Gasteiger charge is -2.18. The Morgan fingerprint density at radius 1 is 1.33 bits per heavy atom. The number of imidazole rings is 1. The summed E-state index contributed by atoms with van der Waals surface area (Å²) in [6, 6.07) is 4.30. The topological polar surface area (TPSA) is 60.7 Å². The molecule has 1 atom stereocenters. The van der Waals surface area contributed by atoms with Crippen LogP contribution in [0.2, 0.25) is 0 Å². The molecule has 0 saturated carbocycles. The van der Waals surface area contributed by atoms with Crippen LogP contribution in [-0.4, -0.2) is 17.0 Å². The number of nitrogens with one attached hydrogen (secondary N) is 3. The van der Waals surface area contributed by atoms with E-state index in [1.165, 1.54) is 18.4 Å².